The number of nitrogens with two attached hydrogens (primary N) is 1. The summed E-state index contributed by atoms with van der Waals surface area (Å²) in [6, 6.07) is 4.71. The van der Waals surface area contributed by atoms with Crippen molar-refractivity contribution in [3.63, 3.8) is 0 Å². The largest absolute Gasteiger partial charge is 0.482 e. The summed E-state index contributed by atoms with van der Waals surface area (Å²) in [6.07, 6.45) is 0.540. The van der Waals surface area contributed by atoms with Crippen LogP contribution in [-0.4, -0.2) is 16.2 Å². The van der Waals surface area contributed by atoms with Gasteiger partial charge in [-0.1, -0.05) is 17.3 Å². The van der Waals surface area contributed by atoms with Gasteiger partial charge in [0.2, 0.25) is 11.7 Å². The van der Waals surface area contributed by atoms with Gasteiger partial charge in [-0.3, -0.25) is 0 Å². The molecule has 0 fully saturated rings. The van der Waals surface area contributed by atoms with Gasteiger partial charge in [-0.05, 0) is 25.0 Å². The highest BCUT2D eigenvalue weighted by Gasteiger charge is 2.13. The van der Waals surface area contributed by atoms with Gasteiger partial charge in [0.15, 0.2) is 18.2 Å². The van der Waals surface area contributed by atoms with Gasteiger partial charge in [-0.2, -0.15) is 4.98 Å². The van der Waals surface area contributed by atoms with E-state index >= 15 is 0 Å². The van der Waals surface area contributed by atoms with E-state index in [4.69, 9.17) is 15.0 Å². The van der Waals surface area contributed by atoms with E-state index in [1.807, 2.05) is 6.92 Å². The molecule has 6 heteroatoms. The van der Waals surface area contributed by atoms with Crippen LogP contribution in [-0.2, 0) is 13.0 Å². The minimum Gasteiger partial charge on any atom is -0.482 e. The first-order chi connectivity index (χ1) is 9.06. The molecule has 1 atom stereocenters. The monoisotopic (exact) mass is 265 g/mol. The van der Waals surface area contributed by atoms with Crippen LogP contribution in [0.4, 0.5) is 4.39 Å². The second kappa shape index (κ2) is 5.79. The van der Waals surface area contributed by atoms with Crippen LogP contribution in [0.2, 0.25) is 0 Å². The van der Waals surface area contributed by atoms with E-state index in [9.17, 15) is 4.39 Å². The van der Waals surface area contributed by atoms with Crippen LogP contribution in [0, 0.1) is 12.7 Å². The van der Waals surface area contributed by atoms with Gasteiger partial charge in [0.05, 0.1) is 0 Å². The Bertz CT molecular complexity index is 555. The topological polar surface area (TPSA) is 74.2 Å². The highest BCUT2D eigenvalue weighted by atomic mass is 19.1. The summed E-state index contributed by atoms with van der Waals surface area (Å²) in [6.45, 7) is 3.60. The molecular formula is C13H16FN3O2. The predicted octanol–water partition coefficient (Wildman–Crippen LogP) is 1.99. The zero-order chi connectivity index (χ0) is 13.8. The molecule has 0 saturated carbocycles. The molecule has 0 amide bonds. The molecule has 1 heterocycles. The van der Waals surface area contributed by atoms with E-state index in [0.29, 0.717) is 18.1 Å². The number of rotatable bonds is 5. The Kier molecular flexibility index (Phi) is 4.11. The molecule has 2 rings (SSSR count). The van der Waals surface area contributed by atoms with E-state index in [2.05, 4.69) is 10.1 Å². The first kappa shape index (κ1) is 13.5. The van der Waals surface area contributed by atoms with Crippen LogP contribution in [0.3, 0.4) is 0 Å². The van der Waals surface area contributed by atoms with Crippen molar-refractivity contribution in [2.45, 2.75) is 32.9 Å². The van der Waals surface area contributed by atoms with Crippen molar-refractivity contribution in [2.24, 2.45) is 5.73 Å². The summed E-state index contributed by atoms with van der Waals surface area (Å²) in [4.78, 5) is 4.00. The summed E-state index contributed by atoms with van der Waals surface area (Å²) in [5.74, 6) is 0.607. The number of hydrogen-bond donors (Lipinski definition) is 1. The van der Waals surface area contributed by atoms with Crippen molar-refractivity contribution >= 4 is 0 Å². The normalized spacial score (nSPS) is 12.4. The van der Waals surface area contributed by atoms with Gasteiger partial charge < -0.3 is 15.0 Å². The summed E-state index contributed by atoms with van der Waals surface area (Å²) in [7, 11) is 0. The van der Waals surface area contributed by atoms with Crippen LogP contribution in [0.25, 0.3) is 0 Å². The van der Waals surface area contributed by atoms with Crippen molar-refractivity contribution in [3.8, 4) is 5.75 Å². The fourth-order valence-electron chi connectivity index (χ4n) is 1.76. The summed E-state index contributed by atoms with van der Waals surface area (Å²) in [5, 5.41) is 3.69. The number of para-hydroxylation sites is 1. The number of benzene rings is 1. The van der Waals surface area contributed by atoms with Gasteiger partial charge in [0.1, 0.15) is 0 Å². The third-order valence-electron chi connectivity index (χ3n) is 2.51. The quantitative estimate of drug-likeness (QED) is 0.894. The van der Waals surface area contributed by atoms with Crippen molar-refractivity contribution in [2.75, 3.05) is 0 Å². The van der Waals surface area contributed by atoms with Gasteiger partial charge in [0.25, 0.3) is 0 Å². The molecule has 19 heavy (non-hydrogen) atoms. The Morgan fingerprint density at radius 3 is 2.89 bits per heavy atom. The molecule has 5 nitrogen and oxygen atoms in total. The lowest BCUT2D eigenvalue weighted by atomic mass is 10.1. The molecule has 0 aliphatic heterocycles. The molecule has 1 aromatic heterocycles. The first-order valence-electron chi connectivity index (χ1n) is 6.01. The molecule has 0 bridgehead atoms. The van der Waals surface area contributed by atoms with E-state index in [1.165, 1.54) is 6.07 Å². The predicted molar refractivity (Wildman–Crippen MR) is 67.1 cm³/mol. The van der Waals surface area contributed by atoms with Gasteiger partial charge >= 0.3 is 0 Å². The Balaban J connectivity index is 2.14. The standard InChI is InChI=1S/C13H16FN3O2/c1-8(15)6-10-4-3-5-11(14)13(10)18-7-12-16-9(2)19-17-12/h3-5,8H,6-7,15H2,1-2H3. The number of aromatic nitrogens is 2. The molecule has 102 valence electrons. The molecule has 0 aliphatic rings. The highest BCUT2D eigenvalue weighted by Crippen LogP contribution is 2.24. The van der Waals surface area contributed by atoms with E-state index in [1.54, 1.807) is 19.1 Å². The maximum absolute atomic E-state index is 13.8. The smallest absolute Gasteiger partial charge is 0.223 e. The van der Waals surface area contributed by atoms with Crippen molar-refractivity contribution < 1.29 is 13.7 Å². The molecule has 0 saturated heterocycles. The highest BCUT2D eigenvalue weighted by molar-refractivity contribution is 5.35. The van der Waals surface area contributed by atoms with Gasteiger partial charge in [0, 0.05) is 13.0 Å². The number of halogens is 1. The summed E-state index contributed by atoms with van der Waals surface area (Å²) in [5.41, 5.74) is 6.47. The Morgan fingerprint density at radius 2 is 2.26 bits per heavy atom. The van der Waals surface area contributed by atoms with Gasteiger partial charge in [-0.15, -0.1) is 0 Å². The Labute approximate surface area is 110 Å². The lowest BCUT2D eigenvalue weighted by Gasteiger charge is -2.12. The zero-order valence-electron chi connectivity index (χ0n) is 10.9. The summed E-state index contributed by atoms with van der Waals surface area (Å²) >= 11 is 0. The summed E-state index contributed by atoms with van der Waals surface area (Å²) < 4.78 is 24.1. The maximum atomic E-state index is 13.8. The number of aryl methyl sites for hydroxylation is 1. The number of ether oxygens (including phenoxy) is 1. The van der Waals surface area contributed by atoms with Crippen LogP contribution in [0.1, 0.15) is 24.2 Å². The van der Waals surface area contributed by atoms with Crippen LogP contribution in [0.5, 0.6) is 5.75 Å². The SMILES string of the molecule is Cc1nc(COc2c(F)cccc2CC(C)N)no1. The van der Waals surface area contributed by atoms with Crippen LogP contribution < -0.4 is 10.5 Å². The molecule has 0 radical (unpaired) electrons. The molecular weight excluding hydrogens is 249 g/mol. The third-order valence-corrected chi connectivity index (χ3v) is 2.51. The zero-order valence-corrected chi connectivity index (χ0v) is 10.9. The van der Waals surface area contributed by atoms with Crippen molar-refractivity contribution in [1.29, 1.82) is 0 Å². The molecule has 0 aliphatic carbocycles. The molecule has 0 spiro atoms. The number of nitrogens with zero attached hydrogens (tertiary/aromatic N) is 2. The van der Waals surface area contributed by atoms with Crippen LogP contribution >= 0.6 is 0 Å². The van der Waals surface area contributed by atoms with E-state index < -0.39 is 5.82 Å². The van der Waals surface area contributed by atoms with Gasteiger partial charge in [-0.25, -0.2) is 4.39 Å². The average molecular weight is 265 g/mol. The van der Waals surface area contributed by atoms with Crippen molar-refractivity contribution in [1.82, 2.24) is 10.1 Å². The lowest BCUT2D eigenvalue weighted by molar-refractivity contribution is 0.269. The molecule has 1 aromatic carbocycles. The first-order valence-corrected chi connectivity index (χ1v) is 6.01. The maximum Gasteiger partial charge on any atom is 0.223 e. The fourth-order valence-corrected chi connectivity index (χ4v) is 1.76. The minimum atomic E-state index is -0.418. The lowest BCUT2D eigenvalue weighted by Crippen LogP contribution is -2.18. The molecule has 2 N–H and O–H groups in total. The number of hydrogen-bond acceptors (Lipinski definition) is 5. The Morgan fingerprint density at radius 1 is 1.47 bits per heavy atom. The van der Waals surface area contributed by atoms with E-state index in [-0.39, 0.29) is 18.4 Å². The van der Waals surface area contributed by atoms with Crippen molar-refractivity contribution in [3.05, 3.63) is 41.3 Å². The molecule has 2 aromatic rings. The second-order valence-corrected chi connectivity index (χ2v) is 4.43. The van der Waals surface area contributed by atoms with Crippen LogP contribution in [0.15, 0.2) is 22.7 Å². The second-order valence-electron chi connectivity index (χ2n) is 4.43. The Hall–Kier alpha value is -1.95. The third kappa shape index (κ3) is 3.51. The van der Waals surface area contributed by atoms with E-state index in [0.717, 1.165) is 5.56 Å². The fraction of sp³-hybridized carbons (Fsp3) is 0.385. The molecule has 1 unspecified atom stereocenters. The minimum absolute atomic E-state index is 0.0597. The average Bonchev–Trinajstić information content (AvgIpc) is 2.73.